The van der Waals surface area contributed by atoms with Gasteiger partial charge in [-0.05, 0) is 73.0 Å². The molecule has 2 N–H and O–H groups in total. The third-order valence-electron chi connectivity index (χ3n) is 5.38. The summed E-state index contributed by atoms with van der Waals surface area (Å²) in [4.78, 5) is 36.7. The Labute approximate surface area is 184 Å². The SMILES string of the molecule is Cc1ncc([C@H](CCC(=O)CCCCc2nc3c(cc2Br)CCCN3)C(=O)O)cn1. The number of halogens is 1. The number of Topliss-reactive ketones (excluding diaryl/α,β-unsaturated/α-hetero) is 1. The standard InChI is InChI=1S/C22H27BrN4O3/c1-14-25-12-16(13-26-14)18(22(29)30)9-8-17(28)6-2-3-7-20-19(23)11-15-5-4-10-24-21(15)27-20/h11-13,18H,2-10H2,1H3,(H,24,27)(H,29,30)/t18-/m0/s1. The second kappa shape index (κ2) is 10.6. The number of carbonyl (C=O) groups excluding carboxylic acids is 1. The molecular formula is C22H27BrN4O3. The Hall–Kier alpha value is -2.35. The van der Waals surface area contributed by atoms with Crippen molar-refractivity contribution in [2.24, 2.45) is 0 Å². The molecule has 1 aliphatic heterocycles. The highest BCUT2D eigenvalue weighted by atomic mass is 79.9. The molecule has 7 nitrogen and oxygen atoms in total. The molecule has 1 aliphatic rings. The largest absolute Gasteiger partial charge is 0.481 e. The Morgan fingerprint density at radius 1 is 1.23 bits per heavy atom. The van der Waals surface area contributed by atoms with E-state index in [0.717, 1.165) is 54.6 Å². The van der Waals surface area contributed by atoms with Crippen LogP contribution < -0.4 is 5.32 Å². The number of anilines is 1. The normalized spacial score (nSPS) is 13.9. The van der Waals surface area contributed by atoms with E-state index in [2.05, 4.69) is 37.3 Å². The molecule has 0 saturated carbocycles. The van der Waals surface area contributed by atoms with Crippen molar-refractivity contribution in [3.63, 3.8) is 0 Å². The van der Waals surface area contributed by atoms with Crippen LogP contribution in [0.3, 0.4) is 0 Å². The van der Waals surface area contributed by atoms with Gasteiger partial charge in [-0.1, -0.05) is 0 Å². The van der Waals surface area contributed by atoms with E-state index in [-0.39, 0.29) is 18.6 Å². The van der Waals surface area contributed by atoms with E-state index < -0.39 is 11.9 Å². The van der Waals surface area contributed by atoms with Gasteiger partial charge in [0.05, 0.1) is 11.6 Å². The number of carboxylic acids is 1. The first-order valence-electron chi connectivity index (χ1n) is 10.4. The number of aryl methyl sites for hydroxylation is 3. The number of aromatic nitrogens is 3. The molecule has 3 rings (SSSR count). The summed E-state index contributed by atoms with van der Waals surface area (Å²) in [5, 5.41) is 12.8. The van der Waals surface area contributed by atoms with E-state index in [1.54, 1.807) is 6.92 Å². The zero-order chi connectivity index (χ0) is 21.5. The maximum absolute atomic E-state index is 12.3. The summed E-state index contributed by atoms with van der Waals surface area (Å²) in [5.74, 6) is -0.0385. The topological polar surface area (TPSA) is 105 Å². The van der Waals surface area contributed by atoms with Crippen molar-refractivity contribution >= 4 is 33.5 Å². The summed E-state index contributed by atoms with van der Waals surface area (Å²) in [6, 6.07) is 2.15. The van der Waals surface area contributed by atoms with E-state index >= 15 is 0 Å². The number of carbonyl (C=O) groups is 2. The van der Waals surface area contributed by atoms with Gasteiger partial charge in [-0.2, -0.15) is 0 Å². The van der Waals surface area contributed by atoms with Crippen LogP contribution >= 0.6 is 15.9 Å². The number of nitrogens with zero attached hydrogens (tertiary/aromatic N) is 3. The van der Waals surface area contributed by atoms with Crippen LogP contribution in [-0.2, 0) is 22.4 Å². The molecule has 0 bridgehead atoms. The second-order valence-corrected chi connectivity index (χ2v) is 8.55. The van der Waals surface area contributed by atoms with Crippen LogP contribution in [0.1, 0.15) is 67.1 Å². The van der Waals surface area contributed by atoms with Gasteiger partial charge in [0.2, 0.25) is 0 Å². The lowest BCUT2D eigenvalue weighted by Crippen LogP contribution is -2.15. The first kappa shape index (κ1) is 22.3. The van der Waals surface area contributed by atoms with Crippen LogP contribution in [0.2, 0.25) is 0 Å². The third kappa shape index (κ3) is 6.08. The van der Waals surface area contributed by atoms with Crippen molar-refractivity contribution in [2.45, 2.75) is 64.2 Å². The highest BCUT2D eigenvalue weighted by molar-refractivity contribution is 9.10. The molecular weight excluding hydrogens is 448 g/mol. The van der Waals surface area contributed by atoms with Crippen LogP contribution in [0.4, 0.5) is 5.82 Å². The molecule has 0 aromatic carbocycles. The lowest BCUT2D eigenvalue weighted by Gasteiger charge is -2.18. The minimum Gasteiger partial charge on any atom is -0.481 e. The monoisotopic (exact) mass is 474 g/mol. The maximum atomic E-state index is 12.3. The van der Waals surface area contributed by atoms with Crippen molar-refractivity contribution in [3.05, 3.63) is 45.6 Å². The quantitative estimate of drug-likeness (QED) is 0.496. The molecule has 2 aromatic rings. The number of unbranched alkanes of at least 4 members (excludes halogenated alkanes) is 1. The molecule has 8 heteroatoms. The van der Waals surface area contributed by atoms with Crippen LogP contribution in [0.15, 0.2) is 22.9 Å². The van der Waals surface area contributed by atoms with Crippen LogP contribution in [0, 0.1) is 6.92 Å². The number of ketones is 1. The molecule has 0 aliphatic carbocycles. The molecule has 0 unspecified atom stereocenters. The Morgan fingerprint density at radius 2 is 2.00 bits per heavy atom. The smallest absolute Gasteiger partial charge is 0.311 e. The summed E-state index contributed by atoms with van der Waals surface area (Å²) in [5.41, 5.74) is 2.80. The van der Waals surface area contributed by atoms with Gasteiger partial charge in [-0.3, -0.25) is 9.59 Å². The van der Waals surface area contributed by atoms with Crippen LogP contribution in [0.25, 0.3) is 0 Å². The lowest BCUT2D eigenvalue weighted by molar-refractivity contribution is -0.139. The van der Waals surface area contributed by atoms with Gasteiger partial charge < -0.3 is 10.4 Å². The molecule has 1 atom stereocenters. The molecule has 160 valence electrons. The molecule has 3 heterocycles. The van der Waals surface area contributed by atoms with Crippen molar-refractivity contribution in [3.8, 4) is 0 Å². The van der Waals surface area contributed by atoms with E-state index in [1.165, 1.54) is 18.0 Å². The average Bonchev–Trinajstić information content (AvgIpc) is 2.72. The zero-order valence-electron chi connectivity index (χ0n) is 17.2. The lowest BCUT2D eigenvalue weighted by atomic mass is 9.94. The second-order valence-electron chi connectivity index (χ2n) is 7.69. The van der Waals surface area contributed by atoms with Crippen molar-refractivity contribution in [2.75, 3.05) is 11.9 Å². The Morgan fingerprint density at radius 3 is 2.73 bits per heavy atom. The Bertz CT molecular complexity index is 902. The Balaban J connectivity index is 1.43. The highest BCUT2D eigenvalue weighted by Gasteiger charge is 2.21. The van der Waals surface area contributed by atoms with Gasteiger partial charge in [-0.15, -0.1) is 0 Å². The number of aliphatic carboxylic acids is 1. The number of pyridine rings is 1. The van der Waals surface area contributed by atoms with E-state index in [0.29, 0.717) is 17.8 Å². The number of rotatable bonds is 10. The van der Waals surface area contributed by atoms with Gasteiger partial charge in [0.25, 0.3) is 0 Å². The fourth-order valence-electron chi connectivity index (χ4n) is 3.63. The number of fused-ring (bicyclic) bond motifs is 1. The number of nitrogens with one attached hydrogen (secondary N) is 1. The summed E-state index contributed by atoms with van der Waals surface area (Å²) >= 11 is 3.61. The Kier molecular flexibility index (Phi) is 7.90. The minimum atomic E-state index is -0.952. The van der Waals surface area contributed by atoms with Crippen molar-refractivity contribution in [1.82, 2.24) is 15.0 Å². The summed E-state index contributed by atoms with van der Waals surface area (Å²) in [6.45, 7) is 2.71. The van der Waals surface area contributed by atoms with Gasteiger partial charge in [-0.25, -0.2) is 15.0 Å². The molecule has 0 amide bonds. The van der Waals surface area contributed by atoms with Crippen LogP contribution in [-0.4, -0.2) is 38.4 Å². The van der Waals surface area contributed by atoms with Crippen LogP contribution in [0.5, 0.6) is 0 Å². The first-order valence-corrected chi connectivity index (χ1v) is 11.2. The number of hydrogen-bond donors (Lipinski definition) is 2. The predicted octanol–water partition coefficient (Wildman–Crippen LogP) is 4.23. The fourth-order valence-corrected chi connectivity index (χ4v) is 4.19. The zero-order valence-corrected chi connectivity index (χ0v) is 18.7. The molecule has 30 heavy (non-hydrogen) atoms. The number of carboxylic acid groups (broad SMARTS) is 1. The van der Waals surface area contributed by atoms with Crippen molar-refractivity contribution < 1.29 is 14.7 Å². The maximum Gasteiger partial charge on any atom is 0.311 e. The van der Waals surface area contributed by atoms with Crippen molar-refractivity contribution in [1.29, 1.82) is 0 Å². The molecule has 0 radical (unpaired) electrons. The molecule has 2 aromatic heterocycles. The van der Waals surface area contributed by atoms with Gasteiger partial charge >= 0.3 is 5.97 Å². The van der Waals surface area contributed by atoms with Gasteiger partial charge in [0.15, 0.2) is 0 Å². The van der Waals surface area contributed by atoms with E-state index in [4.69, 9.17) is 4.98 Å². The molecule has 0 spiro atoms. The van der Waals surface area contributed by atoms with E-state index in [1.807, 2.05) is 0 Å². The first-order chi connectivity index (χ1) is 14.4. The molecule has 0 fully saturated rings. The summed E-state index contributed by atoms with van der Waals surface area (Å²) in [7, 11) is 0. The van der Waals surface area contributed by atoms with Gasteiger partial charge in [0, 0.05) is 41.8 Å². The average molecular weight is 475 g/mol. The summed E-state index contributed by atoms with van der Waals surface area (Å²) in [6.07, 6.45) is 8.65. The van der Waals surface area contributed by atoms with E-state index in [9.17, 15) is 14.7 Å². The molecule has 0 saturated heterocycles. The highest BCUT2D eigenvalue weighted by Crippen LogP contribution is 2.27. The number of hydrogen-bond acceptors (Lipinski definition) is 6. The van der Waals surface area contributed by atoms with Gasteiger partial charge in [0.1, 0.15) is 17.4 Å². The minimum absolute atomic E-state index is 0.0911. The third-order valence-corrected chi connectivity index (χ3v) is 6.06. The predicted molar refractivity (Wildman–Crippen MR) is 118 cm³/mol. The fraction of sp³-hybridized carbons (Fsp3) is 0.500. The summed E-state index contributed by atoms with van der Waals surface area (Å²) < 4.78 is 1.03.